The number of benzene rings is 2. The SMILES string of the molecule is CC(C)(C)C(=O)ON1CCN(c2ccc(F)c3ccccc23)CC1. The molecular weight excluding hydrogens is 307 g/mol. The molecule has 0 atom stereocenters. The minimum atomic E-state index is -0.510. The Labute approximate surface area is 141 Å². The number of carbonyl (C=O) groups excluding carboxylic acids is 1. The van der Waals surface area contributed by atoms with Crippen LogP contribution in [-0.4, -0.2) is 37.2 Å². The lowest BCUT2D eigenvalue weighted by atomic mass is 9.98. The molecule has 128 valence electrons. The third-order valence-corrected chi connectivity index (χ3v) is 4.25. The zero-order chi connectivity index (χ0) is 17.3. The zero-order valence-corrected chi connectivity index (χ0v) is 14.4. The maximum absolute atomic E-state index is 14.0. The van der Waals surface area contributed by atoms with Crippen LogP contribution in [0.5, 0.6) is 0 Å². The summed E-state index contributed by atoms with van der Waals surface area (Å²) in [5, 5.41) is 3.27. The van der Waals surface area contributed by atoms with Gasteiger partial charge in [-0.2, -0.15) is 0 Å². The molecule has 0 N–H and O–H groups in total. The fourth-order valence-corrected chi connectivity index (χ4v) is 2.80. The van der Waals surface area contributed by atoms with E-state index in [1.54, 1.807) is 11.1 Å². The van der Waals surface area contributed by atoms with Crippen LogP contribution in [0, 0.1) is 11.2 Å². The van der Waals surface area contributed by atoms with Gasteiger partial charge in [0.1, 0.15) is 5.82 Å². The van der Waals surface area contributed by atoms with E-state index in [9.17, 15) is 9.18 Å². The molecule has 0 aliphatic carbocycles. The van der Waals surface area contributed by atoms with E-state index in [4.69, 9.17) is 4.84 Å². The highest BCUT2D eigenvalue weighted by atomic mass is 19.1. The van der Waals surface area contributed by atoms with Gasteiger partial charge in [0.25, 0.3) is 0 Å². The summed E-state index contributed by atoms with van der Waals surface area (Å²) in [6.45, 7) is 8.25. The molecule has 2 aromatic rings. The molecule has 0 spiro atoms. The average molecular weight is 330 g/mol. The first-order valence-electron chi connectivity index (χ1n) is 8.26. The van der Waals surface area contributed by atoms with Gasteiger partial charge >= 0.3 is 5.97 Å². The third kappa shape index (κ3) is 3.36. The van der Waals surface area contributed by atoms with Crippen molar-refractivity contribution in [1.29, 1.82) is 0 Å². The van der Waals surface area contributed by atoms with Crippen molar-refractivity contribution in [3.8, 4) is 0 Å². The second-order valence-electron chi connectivity index (χ2n) is 7.16. The van der Waals surface area contributed by atoms with Crippen molar-refractivity contribution >= 4 is 22.4 Å². The molecule has 0 radical (unpaired) electrons. The van der Waals surface area contributed by atoms with E-state index in [1.165, 1.54) is 6.07 Å². The van der Waals surface area contributed by atoms with Crippen molar-refractivity contribution in [2.45, 2.75) is 20.8 Å². The van der Waals surface area contributed by atoms with Crippen molar-refractivity contribution in [2.75, 3.05) is 31.1 Å². The Morgan fingerprint density at radius 3 is 2.25 bits per heavy atom. The van der Waals surface area contributed by atoms with Gasteiger partial charge in [-0.25, -0.2) is 9.18 Å². The molecule has 1 heterocycles. The Balaban J connectivity index is 1.72. The van der Waals surface area contributed by atoms with E-state index in [2.05, 4.69) is 4.90 Å². The van der Waals surface area contributed by atoms with Crippen LogP contribution in [0.15, 0.2) is 36.4 Å². The van der Waals surface area contributed by atoms with Crippen LogP contribution in [0.3, 0.4) is 0 Å². The van der Waals surface area contributed by atoms with E-state index in [0.29, 0.717) is 18.5 Å². The normalized spacial score (nSPS) is 16.4. The van der Waals surface area contributed by atoms with Crippen LogP contribution < -0.4 is 4.90 Å². The molecule has 1 aliphatic heterocycles. The van der Waals surface area contributed by atoms with Crippen LogP contribution >= 0.6 is 0 Å². The topological polar surface area (TPSA) is 32.8 Å². The molecule has 0 saturated carbocycles. The van der Waals surface area contributed by atoms with E-state index in [0.717, 1.165) is 24.2 Å². The van der Waals surface area contributed by atoms with Gasteiger partial charge < -0.3 is 9.74 Å². The molecule has 0 amide bonds. The maximum atomic E-state index is 14.0. The summed E-state index contributed by atoms with van der Waals surface area (Å²) in [7, 11) is 0. The van der Waals surface area contributed by atoms with Crippen LogP contribution in [0.1, 0.15) is 20.8 Å². The first kappa shape index (κ1) is 16.7. The van der Waals surface area contributed by atoms with Gasteiger partial charge in [-0.15, -0.1) is 5.06 Å². The molecule has 5 heteroatoms. The number of hydroxylamine groups is 2. The van der Waals surface area contributed by atoms with Gasteiger partial charge in [0, 0.05) is 29.5 Å². The summed E-state index contributed by atoms with van der Waals surface area (Å²) in [5.41, 5.74) is 0.512. The highest BCUT2D eigenvalue weighted by molar-refractivity contribution is 5.94. The molecule has 2 aromatic carbocycles. The first-order chi connectivity index (χ1) is 11.4. The second-order valence-corrected chi connectivity index (χ2v) is 7.16. The van der Waals surface area contributed by atoms with Crippen molar-refractivity contribution in [3.63, 3.8) is 0 Å². The predicted molar refractivity (Wildman–Crippen MR) is 93.2 cm³/mol. The number of hydrogen-bond acceptors (Lipinski definition) is 4. The van der Waals surface area contributed by atoms with Crippen molar-refractivity contribution in [1.82, 2.24) is 5.06 Å². The summed E-state index contributed by atoms with van der Waals surface area (Å²) in [5.74, 6) is -0.421. The zero-order valence-electron chi connectivity index (χ0n) is 14.4. The van der Waals surface area contributed by atoms with Crippen molar-refractivity contribution in [3.05, 3.63) is 42.2 Å². The highest BCUT2D eigenvalue weighted by Gasteiger charge is 2.28. The molecular formula is C19H23FN2O2. The molecule has 3 rings (SSSR count). The number of anilines is 1. The van der Waals surface area contributed by atoms with Crippen LogP contribution in [0.4, 0.5) is 10.1 Å². The highest BCUT2D eigenvalue weighted by Crippen LogP contribution is 2.29. The van der Waals surface area contributed by atoms with Gasteiger partial charge in [0.2, 0.25) is 0 Å². The standard InChI is InChI=1S/C19H23FN2O2/c1-19(2,3)18(23)24-22-12-10-21(11-13-22)17-9-8-16(20)14-6-4-5-7-15(14)17/h4-9H,10-13H2,1-3H3. The van der Waals surface area contributed by atoms with Gasteiger partial charge in [-0.1, -0.05) is 24.3 Å². The van der Waals surface area contributed by atoms with Gasteiger partial charge in [-0.05, 0) is 32.9 Å². The van der Waals surface area contributed by atoms with Crippen molar-refractivity contribution in [2.24, 2.45) is 5.41 Å². The summed E-state index contributed by atoms with van der Waals surface area (Å²) < 4.78 is 14.0. The molecule has 0 unspecified atom stereocenters. The molecule has 1 aliphatic rings. The average Bonchev–Trinajstić information content (AvgIpc) is 2.56. The summed E-state index contributed by atoms with van der Waals surface area (Å²) in [6, 6.07) is 10.9. The molecule has 0 bridgehead atoms. The number of rotatable bonds is 2. The fraction of sp³-hybridized carbons (Fsp3) is 0.421. The number of halogens is 1. The van der Waals surface area contributed by atoms with Crippen LogP contribution in [0.25, 0.3) is 10.8 Å². The maximum Gasteiger partial charge on any atom is 0.330 e. The quantitative estimate of drug-likeness (QED) is 0.842. The molecule has 4 nitrogen and oxygen atoms in total. The third-order valence-electron chi connectivity index (χ3n) is 4.25. The van der Waals surface area contributed by atoms with Crippen LogP contribution in [-0.2, 0) is 9.63 Å². The van der Waals surface area contributed by atoms with E-state index < -0.39 is 5.41 Å². The second kappa shape index (κ2) is 6.40. The van der Waals surface area contributed by atoms with E-state index in [-0.39, 0.29) is 11.8 Å². The number of nitrogens with zero attached hydrogens (tertiary/aromatic N) is 2. The number of hydrogen-bond donors (Lipinski definition) is 0. The Bertz CT molecular complexity index is 747. The minimum absolute atomic E-state index is 0.202. The summed E-state index contributed by atoms with van der Waals surface area (Å²) in [6.07, 6.45) is 0. The molecule has 1 saturated heterocycles. The Hall–Kier alpha value is -2.14. The van der Waals surface area contributed by atoms with Gasteiger partial charge in [0.05, 0.1) is 18.5 Å². The van der Waals surface area contributed by atoms with Crippen LogP contribution in [0.2, 0.25) is 0 Å². The summed E-state index contributed by atoms with van der Waals surface area (Å²) >= 11 is 0. The lowest BCUT2D eigenvalue weighted by molar-refractivity contribution is -0.201. The Kier molecular flexibility index (Phi) is 4.45. The number of fused-ring (bicyclic) bond motifs is 1. The molecule has 24 heavy (non-hydrogen) atoms. The largest absolute Gasteiger partial charge is 0.368 e. The fourth-order valence-electron chi connectivity index (χ4n) is 2.80. The Morgan fingerprint density at radius 2 is 1.62 bits per heavy atom. The van der Waals surface area contributed by atoms with Gasteiger partial charge in [-0.3, -0.25) is 0 Å². The first-order valence-corrected chi connectivity index (χ1v) is 8.26. The minimum Gasteiger partial charge on any atom is -0.368 e. The van der Waals surface area contributed by atoms with Crippen molar-refractivity contribution < 1.29 is 14.0 Å². The Morgan fingerprint density at radius 1 is 1.00 bits per heavy atom. The van der Waals surface area contributed by atoms with E-state index >= 15 is 0 Å². The lowest BCUT2D eigenvalue weighted by Gasteiger charge is -2.36. The smallest absolute Gasteiger partial charge is 0.330 e. The number of carbonyl (C=O) groups is 1. The molecule has 0 aromatic heterocycles. The van der Waals surface area contributed by atoms with E-state index in [1.807, 2.05) is 45.0 Å². The lowest BCUT2D eigenvalue weighted by Crippen LogP contribution is -2.48. The summed E-state index contributed by atoms with van der Waals surface area (Å²) in [4.78, 5) is 19.6. The van der Waals surface area contributed by atoms with Gasteiger partial charge in [0.15, 0.2) is 0 Å². The monoisotopic (exact) mass is 330 g/mol. The number of piperazine rings is 1. The molecule has 1 fully saturated rings. The predicted octanol–water partition coefficient (Wildman–Crippen LogP) is 3.61.